The lowest BCUT2D eigenvalue weighted by atomic mass is 10.1. The Morgan fingerprint density at radius 2 is 1.79 bits per heavy atom. The van der Waals surface area contributed by atoms with Gasteiger partial charge in [0, 0.05) is 17.5 Å². The minimum Gasteiger partial charge on any atom is -0.497 e. The maximum atomic E-state index is 13.6. The molecule has 0 radical (unpaired) electrons. The number of nitrogens with one attached hydrogen (secondary N) is 1. The summed E-state index contributed by atoms with van der Waals surface area (Å²) in [5.41, 5.74) is 3.21. The predicted molar refractivity (Wildman–Crippen MR) is 132 cm³/mol. The van der Waals surface area contributed by atoms with Crippen LogP contribution in [0, 0.1) is 13.8 Å². The SMILES string of the molecule is CCC(C(=O)Nc1cc(OC)ccc1OC)n1c(=O)cc(C)c2c(C)nn(-c3ccccc3)c21. The molecule has 0 aliphatic carbocycles. The van der Waals surface area contributed by atoms with Crippen molar-refractivity contribution in [2.75, 3.05) is 19.5 Å². The van der Waals surface area contributed by atoms with E-state index in [-0.39, 0.29) is 11.5 Å². The second-order valence-electron chi connectivity index (χ2n) is 8.05. The molecule has 2 aromatic carbocycles. The van der Waals surface area contributed by atoms with Crippen molar-refractivity contribution in [1.29, 1.82) is 0 Å². The summed E-state index contributed by atoms with van der Waals surface area (Å²) < 4.78 is 14.0. The molecule has 2 heterocycles. The number of methoxy groups -OCH3 is 2. The molecule has 2 aromatic heterocycles. The molecule has 0 spiro atoms. The zero-order chi connectivity index (χ0) is 24.4. The molecule has 1 amide bonds. The first-order chi connectivity index (χ1) is 16.4. The summed E-state index contributed by atoms with van der Waals surface area (Å²) in [6.45, 7) is 5.67. The quantitative estimate of drug-likeness (QED) is 0.441. The number of pyridine rings is 1. The third-order valence-corrected chi connectivity index (χ3v) is 5.90. The highest BCUT2D eigenvalue weighted by Gasteiger charge is 2.26. The van der Waals surface area contributed by atoms with Crippen LogP contribution in [0.5, 0.6) is 11.5 Å². The van der Waals surface area contributed by atoms with Gasteiger partial charge in [-0.3, -0.25) is 14.2 Å². The van der Waals surface area contributed by atoms with Gasteiger partial charge in [0.15, 0.2) is 0 Å². The third kappa shape index (κ3) is 4.03. The number of rotatable bonds is 7. The number of ether oxygens (including phenoxy) is 2. The number of carbonyl (C=O) groups excluding carboxylic acids is 1. The first kappa shape index (κ1) is 23.1. The van der Waals surface area contributed by atoms with Gasteiger partial charge in [0.05, 0.1) is 31.3 Å². The maximum Gasteiger partial charge on any atom is 0.253 e. The zero-order valence-corrected chi connectivity index (χ0v) is 20.0. The van der Waals surface area contributed by atoms with Gasteiger partial charge >= 0.3 is 0 Å². The van der Waals surface area contributed by atoms with Gasteiger partial charge in [0.25, 0.3) is 5.56 Å². The Morgan fingerprint density at radius 3 is 2.44 bits per heavy atom. The first-order valence-corrected chi connectivity index (χ1v) is 11.1. The van der Waals surface area contributed by atoms with Crippen molar-refractivity contribution in [3.05, 3.63) is 76.2 Å². The van der Waals surface area contributed by atoms with Gasteiger partial charge in [0.2, 0.25) is 5.91 Å². The van der Waals surface area contributed by atoms with Crippen LogP contribution in [0.1, 0.15) is 30.6 Å². The number of para-hydroxylation sites is 1. The number of hydrogen-bond acceptors (Lipinski definition) is 5. The molecule has 1 atom stereocenters. The Bertz CT molecular complexity index is 1410. The van der Waals surface area contributed by atoms with E-state index in [1.165, 1.54) is 11.7 Å². The van der Waals surface area contributed by atoms with Gasteiger partial charge < -0.3 is 14.8 Å². The molecule has 34 heavy (non-hydrogen) atoms. The summed E-state index contributed by atoms with van der Waals surface area (Å²) in [7, 11) is 3.09. The molecule has 0 saturated carbocycles. The molecule has 0 aliphatic heterocycles. The van der Waals surface area contributed by atoms with E-state index in [1.807, 2.05) is 51.1 Å². The van der Waals surface area contributed by atoms with Crippen LogP contribution < -0.4 is 20.3 Å². The van der Waals surface area contributed by atoms with E-state index < -0.39 is 6.04 Å². The summed E-state index contributed by atoms with van der Waals surface area (Å²) in [5.74, 6) is 0.743. The van der Waals surface area contributed by atoms with E-state index in [4.69, 9.17) is 14.6 Å². The van der Waals surface area contributed by atoms with Crippen molar-refractivity contribution in [2.45, 2.75) is 33.2 Å². The highest BCUT2D eigenvalue weighted by Crippen LogP contribution is 2.31. The van der Waals surface area contributed by atoms with Crippen LogP contribution in [0.25, 0.3) is 16.7 Å². The van der Waals surface area contributed by atoms with Crippen molar-refractivity contribution in [1.82, 2.24) is 14.3 Å². The van der Waals surface area contributed by atoms with Crippen LogP contribution in [-0.2, 0) is 4.79 Å². The zero-order valence-electron chi connectivity index (χ0n) is 20.0. The Balaban J connectivity index is 1.88. The molecule has 0 fully saturated rings. The normalized spacial score (nSPS) is 11.9. The van der Waals surface area contributed by atoms with E-state index in [0.29, 0.717) is 29.3 Å². The van der Waals surface area contributed by atoms with Gasteiger partial charge in [-0.2, -0.15) is 5.10 Å². The topological polar surface area (TPSA) is 87.4 Å². The fourth-order valence-electron chi connectivity index (χ4n) is 4.29. The summed E-state index contributed by atoms with van der Waals surface area (Å²) >= 11 is 0. The molecule has 0 aliphatic rings. The van der Waals surface area contributed by atoms with Gasteiger partial charge in [0.1, 0.15) is 23.2 Å². The number of nitrogens with zero attached hydrogens (tertiary/aromatic N) is 3. The second-order valence-corrected chi connectivity index (χ2v) is 8.05. The molecule has 1 unspecified atom stereocenters. The number of hydrogen-bond donors (Lipinski definition) is 1. The molecule has 4 aromatic rings. The molecule has 8 nitrogen and oxygen atoms in total. The number of benzene rings is 2. The molecule has 0 bridgehead atoms. The largest absolute Gasteiger partial charge is 0.497 e. The highest BCUT2D eigenvalue weighted by molar-refractivity contribution is 5.96. The molecule has 8 heteroatoms. The van der Waals surface area contributed by atoms with Crippen molar-refractivity contribution >= 4 is 22.6 Å². The molecular weight excluding hydrogens is 432 g/mol. The number of anilines is 1. The van der Waals surface area contributed by atoms with Gasteiger partial charge in [-0.15, -0.1) is 0 Å². The summed E-state index contributed by atoms with van der Waals surface area (Å²) in [6, 6.07) is 15.5. The molecular formula is C26H28N4O4. The lowest BCUT2D eigenvalue weighted by Gasteiger charge is -2.21. The van der Waals surface area contributed by atoms with E-state index in [2.05, 4.69) is 5.32 Å². The Morgan fingerprint density at radius 1 is 1.06 bits per heavy atom. The second kappa shape index (κ2) is 9.43. The van der Waals surface area contributed by atoms with Gasteiger partial charge in [-0.05, 0) is 50.1 Å². The van der Waals surface area contributed by atoms with Crippen molar-refractivity contribution in [3.63, 3.8) is 0 Å². The van der Waals surface area contributed by atoms with Gasteiger partial charge in [-0.25, -0.2) is 4.68 Å². The summed E-state index contributed by atoms with van der Waals surface area (Å²) in [4.78, 5) is 26.9. The predicted octanol–water partition coefficient (Wildman–Crippen LogP) is 4.41. The average molecular weight is 461 g/mol. The van der Waals surface area contributed by atoms with E-state index in [0.717, 1.165) is 22.3 Å². The number of carbonyl (C=O) groups is 1. The van der Waals surface area contributed by atoms with Gasteiger partial charge in [-0.1, -0.05) is 25.1 Å². The van der Waals surface area contributed by atoms with Crippen molar-refractivity contribution in [2.24, 2.45) is 0 Å². The standard InChI is InChI=1S/C26H28N4O4/c1-6-21(25(32)27-20-15-19(33-4)12-13-22(20)34-5)29-23(31)14-16(2)24-17(3)28-30(26(24)29)18-10-8-7-9-11-18/h7-15,21H,6H2,1-5H3,(H,27,32). The smallest absolute Gasteiger partial charge is 0.253 e. The summed E-state index contributed by atoms with van der Waals surface area (Å²) in [6.07, 6.45) is 0.398. The third-order valence-electron chi connectivity index (χ3n) is 5.90. The molecule has 176 valence electrons. The molecule has 0 saturated heterocycles. The van der Waals surface area contributed by atoms with Crippen molar-refractivity contribution in [3.8, 4) is 17.2 Å². The van der Waals surface area contributed by atoms with E-state index in [1.54, 1.807) is 36.1 Å². The lowest BCUT2D eigenvalue weighted by Crippen LogP contribution is -2.34. The highest BCUT2D eigenvalue weighted by atomic mass is 16.5. The van der Waals surface area contributed by atoms with Crippen LogP contribution >= 0.6 is 0 Å². The fourth-order valence-corrected chi connectivity index (χ4v) is 4.29. The van der Waals surface area contributed by atoms with E-state index >= 15 is 0 Å². The van der Waals surface area contributed by atoms with Crippen molar-refractivity contribution < 1.29 is 14.3 Å². The first-order valence-electron chi connectivity index (χ1n) is 11.1. The van der Waals surface area contributed by atoms with Crippen LogP contribution in [-0.4, -0.2) is 34.5 Å². The average Bonchev–Trinajstić information content (AvgIpc) is 3.19. The molecule has 1 N–H and O–H groups in total. The summed E-state index contributed by atoms with van der Waals surface area (Å²) in [5, 5.41) is 8.50. The minimum absolute atomic E-state index is 0.262. The Hall–Kier alpha value is -4.07. The van der Waals surface area contributed by atoms with Crippen LogP contribution in [0.3, 0.4) is 0 Å². The Kier molecular flexibility index (Phi) is 6.40. The van der Waals surface area contributed by atoms with Crippen LogP contribution in [0.4, 0.5) is 5.69 Å². The number of fused-ring (bicyclic) bond motifs is 1. The Labute approximate surface area is 197 Å². The monoisotopic (exact) mass is 460 g/mol. The van der Waals surface area contributed by atoms with Crippen LogP contribution in [0.15, 0.2) is 59.4 Å². The van der Waals surface area contributed by atoms with Crippen LogP contribution in [0.2, 0.25) is 0 Å². The lowest BCUT2D eigenvalue weighted by molar-refractivity contribution is -0.119. The maximum absolute atomic E-state index is 13.6. The minimum atomic E-state index is -0.773. The number of aromatic nitrogens is 3. The number of aryl methyl sites for hydroxylation is 2. The molecule has 4 rings (SSSR count). The number of amides is 1. The van der Waals surface area contributed by atoms with E-state index in [9.17, 15) is 9.59 Å². The fraction of sp³-hybridized carbons (Fsp3) is 0.269.